The van der Waals surface area contributed by atoms with Crippen molar-refractivity contribution < 1.29 is 28.4 Å². The minimum Gasteiger partial charge on any atom is -0.409 e. The number of hydrogen-bond acceptors (Lipinski definition) is 9. The van der Waals surface area contributed by atoms with Gasteiger partial charge in [-0.15, -0.1) is 0 Å². The van der Waals surface area contributed by atoms with Crippen LogP contribution in [-0.2, 0) is 18.8 Å². The van der Waals surface area contributed by atoms with E-state index in [0.29, 0.717) is 16.9 Å². The van der Waals surface area contributed by atoms with Crippen molar-refractivity contribution in [2.45, 2.75) is 63.8 Å². The second kappa shape index (κ2) is 13.9. The van der Waals surface area contributed by atoms with Gasteiger partial charge in [0, 0.05) is 38.7 Å². The van der Waals surface area contributed by atoms with Crippen LogP contribution in [0.4, 0.5) is 21.1 Å². The lowest BCUT2D eigenvalue weighted by atomic mass is 9.93. The molecular weight excluding hydrogens is 598 g/mol. The predicted octanol–water partition coefficient (Wildman–Crippen LogP) is 3.71. The van der Waals surface area contributed by atoms with Gasteiger partial charge in [0.25, 0.3) is 0 Å². The molecule has 244 valence electrons. The van der Waals surface area contributed by atoms with E-state index in [4.69, 9.17) is 14.0 Å². The summed E-state index contributed by atoms with van der Waals surface area (Å²) in [6.07, 6.45) is 0.921. The van der Waals surface area contributed by atoms with E-state index in [1.165, 1.54) is 20.5 Å². The van der Waals surface area contributed by atoms with E-state index < -0.39 is 38.7 Å². The maximum absolute atomic E-state index is 13.2. The SMILES string of the molecule is CNC(=O)NC[C@H]1O[C@@H](n2cnc3c(NC(=O)Nc4ccccc4)ncnc32)[C@H](O[Si](C)(C)C(C)(C)C)[C@@H]1CC(=O)N(C)OC. The molecule has 1 saturated heterocycles. The summed E-state index contributed by atoms with van der Waals surface area (Å²) >= 11 is 0. The van der Waals surface area contributed by atoms with E-state index in [9.17, 15) is 14.4 Å². The van der Waals surface area contributed by atoms with Crippen LogP contribution in [0.15, 0.2) is 43.0 Å². The van der Waals surface area contributed by atoms with Crippen LogP contribution < -0.4 is 21.3 Å². The second-order valence-electron chi connectivity index (χ2n) is 12.3. The van der Waals surface area contributed by atoms with Gasteiger partial charge in [-0.2, -0.15) is 0 Å². The molecule has 3 aromatic rings. The maximum atomic E-state index is 13.2. The van der Waals surface area contributed by atoms with Crippen molar-refractivity contribution in [2.75, 3.05) is 38.4 Å². The van der Waals surface area contributed by atoms with Crippen molar-refractivity contribution in [3.05, 3.63) is 43.0 Å². The Labute approximate surface area is 263 Å². The number of ether oxygens (including phenoxy) is 1. The Morgan fingerprint density at radius 1 is 1.07 bits per heavy atom. The summed E-state index contributed by atoms with van der Waals surface area (Å²) in [5.74, 6) is -0.535. The Morgan fingerprint density at radius 2 is 1.78 bits per heavy atom. The molecule has 2 aromatic heterocycles. The third kappa shape index (κ3) is 7.76. The summed E-state index contributed by atoms with van der Waals surface area (Å²) < 4.78 is 15.3. The van der Waals surface area contributed by atoms with Crippen LogP contribution >= 0.6 is 0 Å². The summed E-state index contributed by atoms with van der Waals surface area (Å²) in [5, 5.41) is 11.9. The molecule has 1 aromatic carbocycles. The van der Waals surface area contributed by atoms with Gasteiger partial charge in [-0.1, -0.05) is 39.0 Å². The molecule has 0 saturated carbocycles. The normalized spacial score (nSPS) is 20.1. The number of fused-ring (bicyclic) bond motifs is 1. The summed E-state index contributed by atoms with van der Waals surface area (Å²) in [4.78, 5) is 56.5. The van der Waals surface area contributed by atoms with Crippen molar-refractivity contribution in [1.82, 2.24) is 35.2 Å². The fourth-order valence-corrected chi connectivity index (χ4v) is 6.07. The first-order chi connectivity index (χ1) is 21.3. The summed E-state index contributed by atoms with van der Waals surface area (Å²) in [6.45, 7) is 10.8. The number of urea groups is 2. The highest BCUT2D eigenvalue weighted by atomic mass is 28.4. The average molecular weight is 642 g/mol. The average Bonchev–Trinajstić information content (AvgIpc) is 3.56. The zero-order valence-electron chi connectivity index (χ0n) is 27.0. The topological polar surface area (TPSA) is 174 Å². The highest BCUT2D eigenvalue weighted by molar-refractivity contribution is 6.74. The lowest BCUT2D eigenvalue weighted by molar-refractivity contribution is -0.170. The highest BCUT2D eigenvalue weighted by Gasteiger charge is 2.52. The Balaban J connectivity index is 1.72. The second-order valence-corrected chi connectivity index (χ2v) is 17.1. The highest BCUT2D eigenvalue weighted by Crippen LogP contribution is 2.45. The number of para-hydroxylation sites is 1. The minimum atomic E-state index is -2.44. The van der Waals surface area contributed by atoms with E-state index in [1.54, 1.807) is 30.1 Å². The standard InChI is InChI=1S/C29H43N9O6Si/c1-29(2,3)45(7,8)44-23-19(14-21(39)37(5)42-6)20(15-31-27(40)30-4)43-26(23)38-17-34-22-24(32-16-33-25(22)38)36-28(41)35-18-12-10-9-11-13-18/h9-13,16-17,19-20,23,26H,14-15H2,1-8H3,(H2,30,31,40)(H2,32,33,35,36,41)/t19-,20-,23-,26-/m1/s1. The third-order valence-electron chi connectivity index (χ3n) is 8.35. The van der Waals surface area contributed by atoms with Crippen molar-refractivity contribution in [3.63, 3.8) is 0 Å². The summed E-state index contributed by atoms with van der Waals surface area (Å²) in [7, 11) is 2.04. The molecule has 0 spiro atoms. The zero-order valence-corrected chi connectivity index (χ0v) is 28.0. The molecule has 3 heterocycles. The molecule has 1 aliphatic rings. The van der Waals surface area contributed by atoms with Crippen molar-refractivity contribution in [3.8, 4) is 0 Å². The van der Waals surface area contributed by atoms with Crippen LogP contribution in [0.1, 0.15) is 33.4 Å². The molecule has 0 radical (unpaired) electrons. The maximum Gasteiger partial charge on any atom is 0.324 e. The van der Waals surface area contributed by atoms with Crippen LogP contribution in [0.2, 0.25) is 18.1 Å². The molecule has 0 aliphatic carbocycles. The van der Waals surface area contributed by atoms with Gasteiger partial charge in [-0.25, -0.2) is 29.6 Å². The lowest BCUT2D eigenvalue weighted by Gasteiger charge is -2.41. The van der Waals surface area contributed by atoms with Gasteiger partial charge in [-0.3, -0.25) is 19.5 Å². The van der Waals surface area contributed by atoms with Crippen LogP contribution in [-0.4, -0.2) is 90.8 Å². The number of carbonyl (C=O) groups is 3. The van der Waals surface area contributed by atoms with E-state index >= 15 is 0 Å². The third-order valence-corrected chi connectivity index (χ3v) is 12.8. The van der Waals surface area contributed by atoms with Crippen LogP contribution in [0, 0.1) is 5.92 Å². The van der Waals surface area contributed by atoms with E-state index in [0.717, 1.165) is 5.06 Å². The Hall–Kier alpha value is -4.12. The van der Waals surface area contributed by atoms with E-state index in [1.807, 2.05) is 18.2 Å². The Morgan fingerprint density at radius 3 is 2.42 bits per heavy atom. The number of amides is 5. The number of nitrogens with one attached hydrogen (secondary N) is 4. The van der Waals surface area contributed by atoms with Gasteiger partial charge in [-0.05, 0) is 30.3 Å². The van der Waals surface area contributed by atoms with E-state index in [-0.39, 0.29) is 35.8 Å². The van der Waals surface area contributed by atoms with Gasteiger partial charge in [0.15, 0.2) is 31.5 Å². The lowest BCUT2D eigenvalue weighted by Crippen LogP contribution is -2.48. The summed E-state index contributed by atoms with van der Waals surface area (Å²) in [5.41, 5.74) is 1.36. The van der Waals surface area contributed by atoms with Gasteiger partial charge >= 0.3 is 12.1 Å². The molecule has 45 heavy (non-hydrogen) atoms. The number of aromatic nitrogens is 4. The molecular formula is C29H43N9O6Si. The van der Waals surface area contributed by atoms with Gasteiger partial charge in [0.2, 0.25) is 5.91 Å². The molecule has 5 amide bonds. The first-order valence-electron chi connectivity index (χ1n) is 14.7. The first kappa shape index (κ1) is 33.8. The predicted molar refractivity (Wildman–Crippen MR) is 171 cm³/mol. The van der Waals surface area contributed by atoms with Gasteiger partial charge in [0.05, 0.1) is 25.6 Å². The smallest absolute Gasteiger partial charge is 0.324 e. The fourth-order valence-electron chi connectivity index (χ4n) is 4.75. The number of nitrogens with zero attached hydrogens (tertiary/aromatic N) is 5. The number of hydrogen-bond donors (Lipinski definition) is 4. The largest absolute Gasteiger partial charge is 0.409 e. The van der Waals surface area contributed by atoms with Gasteiger partial charge < -0.3 is 25.1 Å². The minimum absolute atomic E-state index is 0.0360. The number of benzene rings is 1. The van der Waals surface area contributed by atoms with Gasteiger partial charge in [0.1, 0.15) is 6.33 Å². The van der Waals surface area contributed by atoms with Crippen LogP contribution in [0.3, 0.4) is 0 Å². The molecule has 0 bridgehead atoms. The van der Waals surface area contributed by atoms with Crippen molar-refractivity contribution >= 4 is 49.0 Å². The molecule has 4 rings (SSSR count). The van der Waals surface area contributed by atoms with Crippen LogP contribution in [0.5, 0.6) is 0 Å². The number of rotatable bonds is 10. The number of anilines is 2. The zero-order chi connectivity index (χ0) is 32.9. The molecule has 4 N–H and O–H groups in total. The van der Waals surface area contributed by atoms with Crippen LogP contribution in [0.25, 0.3) is 11.2 Å². The fraction of sp³-hybridized carbons (Fsp3) is 0.517. The Kier molecular flexibility index (Phi) is 10.4. The Bertz CT molecular complexity index is 1500. The quantitative estimate of drug-likeness (QED) is 0.190. The first-order valence-corrected chi connectivity index (χ1v) is 17.6. The van der Waals surface area contributed by atoms with Crippen molar-refractivity contribution in [2.24, 2.45) is 5.92 Å². The van der Waals surface area contributed by atoms with E-state index in [2.05, 4.69) is 70.1 Å². The molecule has 15 nitrogen and oxygen atoms in total. The number of imidazole rings is 1. The number of carbonyl (C=O) groups excluding carboxylic acids is 3. The molecule has 1 fully saturated rings. The number of hydroxylamine groups is 2. The molecule has 1 aliphatic heterocycles. The summed E-state index contributed by atoms with van der Waals surface area (Å²) in [6, 6.07) is 8.15. The van der Waals surface area contributed by atoms with Crippen molar-refractivity contribution in [1.29, 1.82) is 0 Å². The monoisotopic (exact) mass is 641 g/mol. The molecule has 0 unspecified atom stereocenters. The molecule has 4 atom stereocenters. The molecule has 16 heteroatoms.